The Morgan fingerprint density at radius 2 is 1.60 bits per heavy atom. The molecular formula is C10H24O3Si2. The molecule has 0 saturated heterocycles. The Balaban J connectivity index is 4.35. The van der Waals surface area contributed by atoms with Gasteiger partial charge in [0.15, 0.2) is 8.32 Å². The summed E-state index contributed by atoms with van der Waals surface area (Å²) in [5.74, 6) is -0.166. The zero-order valence-corrected chi connectivity index (χ0v) is 13.0. The van der Waals surface area contributed by atoms with Crippen LogP contribution in [0.4, 0.5) is 0 Å². The molecule has 0 aliphatic heterocycles. The lowest BCUT2D eigenvalue weighted by Gasteiger charge is -2.32. The lowest BCUT2D eigenvalue weighted by molar-refractivity contribution is -0.132. The van der Waals surface area contributed by atoms with Gasteiger partial charge in [-0.1, -0.05) is 0 Å². The Kier molecular flexibility index (Phi) is 5.22. The number of carbonyl (C=O) groups is 1. The molecule has 0 aromatic heterocycles. The van der Waals surface area contributed by atoms with Crippen LogP contribution in [0.2, 0.25) is 31.9 Å². The van der Waals surface area contributed by atoms with E-state index in [2.05, 4.69) is 40.0 Å². The zero-order chi connectivity index (χ0) is 12.3. The molecule has 0 aliphatic rings. The monoisotopic (exact) mass is 248 g/mol. The standard InChI is InChI=1S/C10H24O3Si2/c1-9(2)12-14(4,5)8-15(6,7)13-10(3)11/h9H,8H2,1-7H3. The first-order valence-electron chi connectivity index (χ1n) is 5.41. The molecule has 0 aromatic rings. The lowest BCUT2D eigenvalue weighted by Crippen LogP contribution is -2.45. The van der Waals surface area contributed by atoms with Crippen molar-refractivity contribution in [3.05, 3.63) is 0 Å². The molecule has 0 bridgehead atoms. The first kappa shape index (κ1) is 14.9. The predicted octanol–water partition coefficient (Wildman–Crippen LogP) is 2.92. The molecule has 3 nitrogen and oxygen atoms in total. The summed E-state index contributed by atoms with van der Waals surface area (Å²) in [4.78, 5) is 11.0. The van der Waals surface area contributed by atoms with Crippen LogP contribution >= 0.6 is 0 Å². The average molecular weight is 248 g/mol. The summed E-state index contributed by atoms with van der Waals surface area (Å²) in [7, 11) is -3.57. The van der Waals surface area contributed by atoms with Crippen LogP contribution in [0.1, 0.15) is 20.8 Å². The fourth-order valence-electron chi connectivity index (χ4n) is 2.13. The van der Waals surface area contributed by atoms with Gasteiger partial charge in [0.1, 0.15) is 0 Å². The Labute approximate surface area is 95.4 Å². The van der Waals surface area contributed by atoms with Crippen LogP contribution in [-0.2, 0) is 13.6 Å². The predicted molar refractivity (Wildman–Crippen MR) is 67.8 cm³/mol. The first-order chi connectivity index (χ1) is 6.54. The second-order valence-corrected chi connectivity index (χ2v) is 14.3. The number of hydrogen-bond acceptors (Lipinski definition) is 3. The molecule has 0 atom stereocenters. The molecule has 0 aliphatic carbocycles. The molecule has 0 rings (SSSR count). The molecule has 0 heterocycles. The molecule has 0 spiro atoms. The van der Waals surface area contributed by atoms with Crippen LogP contribution in [0.5, 0.6) is 0 Å². The number of carbonyl (C=O) groups excluding carboxylic acids is 1. The van der Waals surface area contributed by atoms with Gasteiger partial charge in [-0.3, -0.25) is 4.79 Å². The minimum absolute atomic E-state index is 0.166. The topological polar surface area (TPSA) is 35.5 Å². The minimum atomic E-state index is -1.88. The van der Waals surface area contributed by atoms with Crippen molar-refractivity contribution in [2.45, 2.75) is 58.7 Å². The van der Waals surface area contributed by atoms with Crippen molar-refractivity contribution in [3.63, 3.8) is 0 Å². The van der Waals surface area contributed by atoms with Gasteiger partial charge in [-0.2, -0.15) is 0 Å². The van der Waals surface area contributed by atoms with Crippen molar-refractivity contribution in [2.75, 3.05) is 0 Å². The van der Waals surface area contributed by atoms with E-state index in [1.807, 2.05) is 0 Å². The van der Waals surface area contributed by atoms with Gasteiger partial charge in [0, 0.05) is 13.0 Å². The Morgan fingerprint density at radius 3 is 1.93 bits per heavy atom. The fraction of sp³-hybridized carbons (Fsp3) is 0.900. The van der Waals surface area contributed by atoms with Gasteiger partial charge in [0.05, 0.1) is 0 Å². The van der Waals surface area contributed by atoms with Crippen molar-refractivity contribution in [2.24, 2.45) is 0 Å². The van der Waals surface area contributed by atoms with Crippen LogP contribution in [0.25, 0.3) is 0 Å². The van der Waals surface area contributed by atoms with Crippen molar-refractivity contribution >= 4 is 22.6 Å². The van der Waals surface area contributed by atoms with Crippen LogP contribution in [0, 0.1) is 0 Å². The van der Waals surface area contributed by atoms with E-state index in [1.165, 1.54) is 6.92 Å². The molecule has 15 heavy (non-hydrogen) atoms. The Bertz CT molecular complexity index is 225. The van der Waals surface area contributed by atoms with Crippen molar-refractivity contribution in [3.8, 4) is 0 Å². The van der Waals surface area contributed by atoms with Gasteiger partial charge < -0.3 is 8.85 Å². The summed E-state index contributed by atoms with van der Waals surface area (Å²) >= 11 is 0. The zero-order valence-electron chi connectivity index (χ0n) is 11.0. The third-order valence-corrected chi connectivity index (χ3v) is 10.6. The summed E-state index contributed by atoms with van der Waals surface area (Å²) in [6.07, 6.45) is 0.258. The molecule has 0 saturated carbocycles. The third-order valence-electron chi connectivity index (χ3n) is 1.83. The van der Waals surface area contributed by atoms with Crippen LogP contribution in [0.3, 0.4) is 0 Å². The highest BCUT2D eigenvalue weighted by molar-refractivity contribution is 6.90. The van der Waals surface area contributed by atoms with Gasteiger partial charge in [0.25, 0.3) is 5.97 Å². The van der Waals surface area contributed by atoms with Crippen molar-refractivity contribution in [1.29, 1.82) is 0 Å². The van der Waals surface area contributed by atoms with Gasteiger partial charge in [-0.15, -0.1) is 0 Å². The van der Waals surface area contributed by atoms with Crippen LogP contribution in [0.15, 0.2) is 0 Å². The number of hydrogen-bond donors (Lipinski definition) is 0. The lowest BCUT2D eigenvalue weighted by atomic mass is 10.5. The summed E-state index contributed by atoms with van der Waals surface area (Å²) in [5.41, 5.74) is 0.956. The molecule has 0 unspecified atom stereocenters. The first-order valence-corrected chi connectivity index (χ1v) is 11.6. The second kappa shape index (κ2) is 5.27. The van der Waals surface area contributed by atoms with Gasteiger partial charge >= 0.3 is 0 Å². The van der Waals surface area contributed by atoms with E-state index in [-0.39, 0.29) is 12.1 Å². The van der Waals surface area contributed by atoms with E-state index in [0.717, 1.165) is 5.67 Å². The largest absolute Gasteiger partial charge is 0.520 e. The van der Waals surface area contributed by atoms with E-state index in [4.69, 9.17) is 8.85 Å². The molecule has 0 aromatic carbocycles. The SMILES string of the molecule is CC(=O)O[Si](C)(C)C[Si](C)(C)OC(C)C. The average Bonchev–Trinajstić information content (AvgIpc) is 1.73. The van der Waals surface area contributed by atoms with Crippen LogP contribution < -0.4 is 0 Å². The maximum Gasteiger partial charge on any atom is 0.289 e. The highest BCUT2D eigenvalue weighted by Crippen LogP contribution is 2.23. The molecule has 0 fully saturated rings. The molecule has 90 valence electrons. The summed E-state index contributed by atoms with van der Waals surface area (Å²) in [6, 6.07) is 0. The second-order valence-electron chi connectivity index (χ2n) is 5.46. The highest BCUT2D eigenvalue weighted by Gasteiger charge is 2.37. The van der Waals surface area contributed by atoms with Gasteiger partial charge in [-0.05, 0) is 45.7 Å². The maximum absolute atomic E-state index is 11.0. The Hall–Kier alpha value is -0.136. The van der Waals surface area contributed by atoms with Gasteiger partial charge in [0.2, 0.25) is 8.32 Å². The Morgan fingerprint density at radius 1 is 1.13 bits per heavy atom. The van der Waals surface area contributed by atoms with Gasteiger partial charge in [-0.25, -0.2) is 0 Å². The smallest absolute Gasteiger partial charge is 0.289 e. The fourth-order valence-corrected chi connectivity index (χ4v) is 13.0. The quantitative estimate of drug-likeness (QED) is 0.702. The van der Waals surface area contributed by atoms with E-state index in [0.29, 0.717) is 0 Å². The van der Waals surface area contributed by atoms with E-state index in [1.54, 1.807) is 0 Å². The number of rotatable bonds is 5. The van der Waals surface area contributed by atoms with E-state index in [9.17, 15) is 4.79 Å². The normalized spacial score (nSPS) is 13.1. The third kappa shape index (κ3) is 7.75. The van der Waals surface area contributed by atoms with Crippen LogP contribution in [-0.4, -0.2) is 28.7 Å². The molecular weight excluding hydrogens is 224 g/mol. The maximum atomic E-state index is 11.0. The molecule has 0 N–H and O–H groups in total. The van der Waals surface area contributed by atoms with E-state index < -0.39 is 16.6 Å². The summed E-state index contributed by atoms with van der Waals surface area (Å²) < 4.78 is 11.3. The highest BCUT2D eigenvalue weighted by atomic mass is 28.4. The van der Waals surface area contributed by atoms with Crippen molar-refractivity contribution in [1.82, 2.24) is 0 Å². The minimum Gasteiger partial charge on any atom is -0.520 e. The molecule has 0 radical (unpaired) electrons. The summed E-state index contributed by atoms with van der Waals surface area (Å²) in [6.45, 7) is 14.1. The van der Waals surface area contributed by atoms with E-state index >= 15 is 0 Å². The summed E-state index contributed by atoms with van der Waals surface area (Å²) in [5, 5.41) is 0. The van der Waals surface area contributed by atoms with Crippen molar-refractivity contribution < 1.29 is 13.6 Å². The molecule has 0 amide bonds. The molecule has 5 heteroatoms.